The van der Waals surface area contributed by atoms with Gasteiger partial charge in [0.15, 0.2) is 36.8 Å². The predicted molar refractivity (Wildman–Crippen MR) is 182 cm³/mol. The summed E-state index contributed by atoms with van der Waals surface area (Å²) in [5.41, 5.74) is -2.65. The van der Waals surface area contributed by atoms with E-state index in [4.69, 9.17) is 37.9 Å². The van der Waals surface area contributed by atoms with Crippen LogP contribution in [-0.2, 0) is 66.7 Å². The molecule has 0 aromatic rings. The highest BCUT2D eigenvalue weighted by Gasteiger charge is 2.69. The van der Waals surface area contributed by atoms with E-state index >= 15 is 0 Å². The molecule has 4 aliphatic carbocycles. The highest BCUT2D eigenvalue weighted by molar-refractivity contribution is 5.77. The number of rotatable bonds is 10. The van der Waals surface area contributed by atoms with Crippen LogP contribution in [0, 0.1) is 34.5 Å². The van der Waals surface area contributed by atoms with Crippen molar-refractivity contribution in [1.82, 2.24) is 0 Å². The minimum Gasteiger partial charge on any atom is -0.467 e. The normalized spacial score (nSPS) is 41.8. The van der Waals surface area contributed by atoms with Crippen LogP contribution >= 0.6 is 0 Å². The summed E-state index contributed by atoms with van der Waals surface area (Å²) in [4.78, 5) is 73.3. The Morgan fingerprint density at radius 2 is 1.43 bits per heavy atom. The highest BCUT2D eigenvalue weighted by atomic mass is 16.7. The molecule has 0 amide bonds. The number of carbonyl (C=O) groups excluding carboxylic acids is 6. The molecule has 1 saturated heterocycles. The fourth-order valence-electron chi connectivity index (χ4n) is 11.1. The molecule has 5 rings (SSSR count). The molecule has 5 aliphatic rings. The fourth-order valence-corrected chi connectivity index (χ4v) is 11.1. The number of aliphatic hydroxyl groups excluding tert-OH is 1. The lowest BCUT2D eigenvalue weighted by Crippen LogP contribution is -2.65. The van der Waals surface area contributed by atoms with Crippen molar-refractivity contribution in [1.29, 1.82) is 0 Å². The summed E-state index contributed by atoms with van der Waals surface area (Å²) >= 11 is 0. The molecule has 16 heteroatoms. The summed E-state index contributed by atoms with van der Waals surface area (Å²) in [6, 6.07) is 0. The lowest BCUT2D eigenvalue weighted by atomic mass is 9.43. The maximum Gasteiger partial charge on any atom is 0.339 e. The zero-order chi connectivity index (χ0) is 39.9. The zero-order valence-electron chi connectivity index (χ0n) is 32.4. The van der Waals surface area contributed by atoms with Gasteiger partial charge in [-0.05, 0) is 80.5 Å². The van der Waals surface area contributed by atoms with Crippen LogP contribution in [-0.4, -0.2) is 114 Å². The van der Waals surface area contributed by atoms with Crippen molar-refractivity contribution in [3.8, 4) is 0 Å². The molecule has 0 spiro atoms. The van der Waals surface area contributed by atoms with Crippen LogP contribution in [0.2, 0.25) is 0 Å². The minimum absolute atomic E-state index is 0.0109. The van der Waals surface area contributed by atoms with Gasteiger partial charge >= 0.3 is 35.8 Å². The first kappa shape index (κ1) is 41.8. The van der Waals surface area contributed by atoms with Crippen molar-refractivity contribution in [2.45, 2.75) is 154 Å². The molecule has 16 nitrogen and oxygen atoms in total. The Bertz CT molecular complexity index is 1470. The first-order chi connectivity index (χ1) is 25.2. The number of fused-ring (bicyclic) bond motifs is 5. The number of carbonyl (C=O) groups is 6. The summed E-state index contributed by atoms with van der Waals surface area (Å²) < 4.78 is 44.7. The number of ether oxygens (including phenoxy) is 8. The van der Waals surface area contributed by atoms with E-state index in [1.54, 1.807) is 0 Å². The lowest BCUT2D eigenvalue weighted by Gasteiger charge is -2.63. The molecule has 15 atom stereocenters. The monoisotopic (exact) mass is 768 g/mol. The molecule has 304 valence electrons. The third-order valence-electron chi connectivity index (χ3n) is 13.2. The van der Waals surface area contributed by atoms with Gasteiger partial charge in [-0.1, -0.05) is 13.8 Å². The van der Waals surface area contributed by atoms with Crippen molar-refractivity contribution in [2.24, 2.45) is 34.5 Å². The minimum atomic E-state index is -1.56. The van der Waals surface area contributed by atoms with Crippen LogP contribution in [0.3, 0.4) is 0 Å². The molecule has 1 aliphatic heterocycles. The Morgan fingerprint density at radius 1 is 0.796 bits per heavy atom. The zero-order valence-corrected chi connectivity index (χ0v) is 32.4. The van der Waals surface area contributed by atoms with Gasteiger partial charge in [-0.25, -0.2) is 4.79 Å². The second-order valence-electron chi connectivity index (χ2n) is 16.3. The molecule has 1 heterocycles. The van der Waals surface area contributed by atoms with E-state index in [2.05, 4.69) is 6.92 Å². The molecule has 0 unspecified atom stereocenters. The average molecular weight is 769 g/mol. The van der Waals surface area contributed by atoms with Crippen molar-refractivity contribution in [2.75, 3.05) is 13.7 Å². The van der Waals surface area contributed by atoms with Crippen LogP contribution < -0.4 is 0 Å². The van der Waals surface area contributed by atoms with Crippen LogP contribution in [0.4, 0.5) is 0 Å². The van der Waals surface area contributed by atoms with E-state index < -0.39 is 95.8 Å². The SMILES string of the molecule is COC(=O)[C@H]1O[C@@H](O[C@@H]2CC[C@]3(C)[C@H](CC[C@@H]4[C@@H]3[C@H](O)C[C@]3(C)[C@@H]4CC[C@@]3(O)[C@@H](COC(C)=O)OC(C)=O)C2)[C@H](OC(C)=O)[C@@H](OC(C)=O)[C@@H]1OC(C)=O. The molecular weight excluding hydrogens is 712 g/mol. The van der Waals surface area contributed by atoms with Gasteiger partial charge in [-0.15, -0.1) is 0 Å². The number of hydrogen-bond acceptors (Lipinski definition) is 16. The van der Waals surface area contributed by atoms with Crippen molar-refractivity contribution in [3.05, 3.63) is 0 Å². The second-order valence-corrected chi connectivity index (χ2v) is 16.3. The Kier molecular flexibility index (Phi) is 12.4. The maximum atomic E-state index is 12.9. The molecule has 2 N–H and O–H groups in total. The van der Waals surface area contributed by atoms with E-state index in [0.29, 0.717) is 32.1 Å². The molecule has 54 heavy (non-hydrogen) atoms. The van der Waals surface area contributed by atoms with E-state index in [0.717, 1.165) is 40.7 Å². The lowest BCUT2D eigenvalue weighted by molar-refractivity contribution is -0.315. The first-order valence-electron chi connectivity index (χ1n) is 18.9. The molecule has 0 radical (unpaired) electrons. The highest BCUT2D eigenvalue weighted by Crippen LogP contribution is 2.69. The summed E-state index contributed by atoms with van der Waals surface area (Å²) in [5, 5.41) is 24.4. The molecule has 0 aromatic carbocycles. The molecule has 0 bridgehead atoms. The number of aliphatic hydroxyl groups is 2. The summed E-state index contributed by atoms with van der Waals surface area (Å²) in [7, 11) is 1.12. The predicted octanol–water partition coefficient (Wildman–Crippen LogP) is 2.30. The summed E-state index contributed by atoms with van der Waals surface area (Å²) in [5.74, 6) is -4.31. The third-order valence-corrected chi connectivity index (χ3v) is 13.2. The summed E-state index contributed by atoms with van der Waals surface area (Å²) in [6.45, 7) is 9.76. The van der Waals surface area contributed by atoms with E-state index in [1.807, 2.05) is 6.92 Å². The average Bonchev–Trinajstić information content (AvgIpc) is 3.34. The van der Waals surface area contributed by atoms with Gasteiger partial charge in [0.1, 0.15) is 12.2 Å². The van der Waals surface area contributed by atoms with Crippen molar-refractivity contribution in [3.63, 3.8) is 0 Å². The van der Waals surface area contributed by atoms with E-state index in [9.17, 15) is 39.0 Å². The van der Waals surface area contributed by atoms with Gasteiger partial charge in [0, 0.05) is 40.0 Å². The van der Waals surface area contributed by atoms with Crippen LogP contribution in [0.1, 0.15) is 99.8 Å². The number of methoxy groups -OCH3 is 1. The standard InChI is InChI=1S/C38H56O16/c1-18(39)48-17-28(49-19(2)40)38(46)14-12-26-25-10-9-23-15-24(11-13-36(23,6)29(25)27(44)16-37(26,38)7)53-35-33(52-22(5)43)31(51-21(4)42)30(50-20(3)41)32(54-35)34(45)47-8/h23-33,35,44,46H,9-17H2,1-8H3/t23-,24-,25+,26-,27-,28-,29-,30+,31+,32+,33-,35-,36-,37-,38-/m1/s1. The molecule has 4 saturated carbocycles. The van der Waals surface area contributed by atoms with Gasteiger partial charge < -0.3 is 48.1 Å². The maximum absolute atomic E-state index is 12.9. The Balaban J connectivity index is 1.36. The second kappa shape index (κ2) is 16.0. The quantitative estimate of drug-likeness (QED) is 0.185. The Hall–Kier alpha value is -3.34. The van der Waals surface area contributed by atoms with Gasteiger partial charge in [-0.3, -0.25) is 24.0 Å². The van der Waals surface area contributed by atoms with Gasteiger partial charge in [0.25, 0.3) is 0 Å². The van der Waals surface area contributed by atoms with Crippen LogP contribution in [0.5, 0.6) is 0 Å². The van der Waals surface area contributed by atoms with Gasteiger partial charge in [0.05, 0.1) is 19.3 Å². The number of esters is 6. The Morgan fingerprint density at radius 3 is 2.02 bits per heavy atom. The summed E-state index contributed by atoms with van der Waals surface area (Å²) in [6.07, 6.45) is -5.06. The molecule has 0 aromatic heterocycles. The first-order valence-corrected chi connectivity index (χ1v) is 18.9. The van der Waals surface area contributed by atoms with Crippen molar-refractivity contribution < 1.29 is 76.9 Å². The fraction of sp³-hybridized carbons (Fsp3) is 0.842. The van der Waals surface area contributed by atoms with Gasteiger partial charge in [0.2, 0.25) is 0 Å². The smallest absolute Gasteiger partial charge is 0.339 e. The van der Waals surface area contributed by atoms with Gasteiger partial charge in [-0.2, -0.15) is 0 Å². The Labute approximate surface area is 315 Å². The van der Waals surface area contributed by atoms with Crippen molar-refractivity contribution >= 4 is 35.8 Å². The van der Waals surface area contributed by atoms with Crippen LogP contribution in [0.25, 0.3) is 0 Å². The number of hydrogen-bond donors (Lipinski definition) is 2. The van der Waals surface area contributed by atoms with E-state index in [-0.39, 0.29) is 42.1 Å². The topological polar surface area (TPSA) is 217 Å². The van der Waals surface area contributed by atoms with E-state index in [1.165, 1.54) is 13.8 Å². The molecular formula is C38H56O16. The third kappa shape index (κ3) is 7.85. The largest absolute Gasteiger partial charge is 0.467 e. The molecule has 5 fully saturated rings. The van der Waals surface area contributed by atoms with Crippen LogP contribution in [0.15, 0.2) is 0 Å².